The van der Waals surface area contributed by atoms with Crippen LogP contribution in [0.5, 0.6) is 5.75 Å². The zero-order valence-corrected chi connectivity index (χ0v) is 12.5. The summed E-state index contributed by atoms with van der Waals surface area (Å²) in [4.78, 5) is 0. The van der Waals surface area contributed by atoms with E-state index in [1.807, 2.05) is 36.9 Å². The molecule has 2 nitrogen and oxygen atoms in total. The minimum Gasteiger partial charge on any atom is -0.494 e. The van der Waals surface area contributed by atoms with E-state index in [-0.39, 0.29) is 6.04 Å². The summed E-state index contributed by atoms with van der Waals surface area (Å²) in [6, 6.07) is 8.14. The van der Waals surface area contributed by atoms with Crippen LogP contribution in [0.1, 0.15) is 38.8 Å². The zero-order valence-electron chi connectivity index (χ0n) is 11.7. The highest BCUT2D eigenvalue weighted by Crippen LogP contribution is 2.26. The van der Waals surface area contributed by atoms with Gasteiger partial charge in [0.2, 0.25) is 0 Å². The van der Waals surface area contributed by atoms with E-state index in [1.54, 1.807) is 0 Å². The van der Waals surface area contributed by atoms with Gasteiger partial charge in [-0.1, -0.05) is 32.0 Å². The van der Waals surface area contributed by atoms with Crippen LogP contribution in [0.4, 0.5) is 0 Å². The molecule has 0 fully saturated rings. The van der Waals surface area contributed by atoms with Gasteiger partial charge in [0.1, 0.15) is 5.75 Å². The van der Waals surface area contributed by atoms with Crippen LogP contribution in [0.2, 0.25) is 0 Å². The first-order chi connectivity index (χ1) is 8.65. The number of benzene rings is 1. The Morgan fingerprint density at radius 1 is 1.28 bits per heavy atom. The van der Waals surface area contributed by atoms with Crippen LogP contribution < -0.4 is 10.5 Å². The molecule has 0 spiro atoms. The number of rotatable bonds is 8. The van der Waals surface area contributed by atoms with E-state index < -0.39 is 0 Å². The van der Waals surface area contributed by atoms with Crippen LogP contribution in [-0.4, -0.2) is 18.1 Å². The average Bonchev–Trinajstić information content (AvgIpc) is 2.35. The molecule has 1 aromatic rings. The maximum Gasteiger partial charge on any atom is 0.124 e. The summed E-state index contributed by atoms with van der Waals surface area (Å²) in [5.41, 5.74) is 7.36. The maximum absolute atomic E-state index is 6.24. The average molecular weight is 267 g/mol. The molecule has 0 aliphatic heterocycles. The van der Waals surface area contributed by atoms with Crippen molar-refractivity contribution in [2.45, 2.75) is 33.2 Å². The summed E-state index contributed by atoms with van der Waals surface area (Å²) in [7, 11) is 0. The molecule has 0 heterocycles. The van der Waals surface area contributed by atoms with Gasteiger partial charge < -0.3 is 10.5 Å². The van der Waals surface area contributed by atoms with Crippen molar-refractivity contribution in [2.24, 2.45) is 11.7 Å². The molecule has 0 saturated heterocycles. The van der Waals surface area contributed by atoms with Gasteiger partial charge in [0, 0.05) is 17.4 Å². The normalized spacial score (nSPS) is 12.7. The Kier molecular flexibility index (Phi) is 7.21. The van der Waals surface area contributed by atoms with Gasteiger partial charge in [-0.15, -0.1) is 0 Å². The third kappa shape index (κ3) is 5.32. The highest BCUT2D eigenvalue weighted by atomic mass is 32.2. The van der Waals surface area contributed by atoms with E-state index in [9.17, 15) is 0 Å². The third-order valence-electron chi connectivity index (χ3n) is 2.76. The van der Waals surface area contributed by atoms with Crippen molar-refractivity contribution < 1.29 is 4.74 Å². The van der Waals surface area contributed by atoms with Crippen molar-refractivity contribution in [1.82, 2.24) is 0 Å². The molecule has 1 atom stereocenters. The number of ether oxygens (including phenoxy) is 1. The van der Waals surface area contributed by atoms with E-state index in [2.05, 4.69) is 19.9 Å². The highest BCUT2D eigenvalue weighted by molar-refractivity contribution is 7.99. The molecule has 1 aromatic carbocycles. The first-order valence-electron chi connectivity index (χ1n) is 6.70. The van der Waals surface area contributed by atoms with E-state index in [0.29, 0.717) is 6.61 Å². The predicted octanol–water partition coefficient (Wildman–Crippen LogP) is 3.86. The monoisotopic (exact) mass is 267 g/mol. The summed E-state index contributed by atoms with van der Waals surface area (Å²) in [5.74, 6) is 3.83. The lowest BCUT2D eigenvalue weighted by Gasteiger charge is -2.16. The quantitative estimate of drug-likeness (QED) is 0.726. The molecule has 0 bridgehead atoms. The first-order valence-corrected chi connectivity index (χ1v) is 7.85. The summed E-state index contributed by atoms with van der Waals surface area (Å²) < 4.78 is 5.61. The molecule has 0 saturated carbocycles. The largest absolute Gasteiger partial charge is 0.494 e. The minimum atomic E-state index is 0.0601. The zero-order chi connectivity index (χ0) is 13.4. The van der Waals surface area contributed by atoms with Gasteiger partial charge >= 0.3 is 0 Å². The molecule has 0 amide bonds. The van der Waals surface area contributed by atoms with E-state index in [0.717, 1.165) is 23.0 Å². The lowest BCUT2D eigenvalue weighted by molar-refractivity contribution is 0.335. The molecule has 0 aliphatic rings. The Morgan fingerprint density at radius 3 is 2.67 bits per heavy atom. The number of hydrogen-bond acceptors (Lipinski definition) is 3. The second-order valence-electron chi connectivity index (χ2n) is 4.83. The standard InChI is InChI=1S/C15H25NOS/c1-4-17-15-8-6-5-7-13(15)14(16)11-18-10-9-12(2)3/h5-8,12,14H,4,9-11,16H2,1-3H3. The van der Waals surface area contributed by atoms with Gasteiger partial charge in [0.25, 0.3) is 0 Å². The van der Waals surface area contributed by atoms with Crippen molar-refractivity contribution in [3.63, 3.8) is 0 Å². The van der Waals surface area contributed by atoms with Gasteiger partial charge in [-0.3, -0.25) is 0 Å². The molecule has 1 rings (SSSR count). The summed E-state index contributed by atoms with van der Waals surface area (Å²) in [6.07, 6.45) is 1.25. The Hall–Kier alpha value is -0.670. The smallest absolute Gasteiger partial charge is 0.124 e. The number of nitrogens with two attached hydrogens (primary N) is 1. The molecular formula is C15H25NOS. The van der Waals surface area contributed by atoms with Crippen LogP contribution in [0.25, 0.3) is 0 Å². The van der Waals surface area contributed by atoms with E-state index >= 15 is 0 Å². The molecule has 2 N–H and O–H groups in total. The van der Waals surface area contributed by atoms with Crippen LogP contribution in [0, 0.1) is 5.92 Å². The Balaban J connectivity index is 2.47. The highest BCUT2D eigenvalue weighted by Gasteiger charge is 2.11. The van der Waals surface area contributed by atoms with Crippen molar-refractivity contribution >= 4 is 11.8 Å². The lowest BCUT2D eigenvalue weighted by atomic mass is 10.1. The van der Waals surface area contributed by atoms with Gasteiger partial charge in [-0.05, 0) is 31.1 Å². The molecule has 0 aromatic heterocycles. The molecule has 102 valence electrons. The second kappa shape index (κ2) is 8.44. The van der Waals surface area contributed by atoms with Gasteiger partial charge in [0.15, 0.2) is 0 Å². The van der Waals surface area contributed by atoms with Crippen molar-refractivity contribution in [3.8, 4) is 5.75 Å². The molecule has 3 heteroatoms. The molecule has 0 aliphatic carbocycles. The maximum atomic E-state index is 6.24. The first kappa shape index (κ1) is 15.4. The fourth-order valence-electron chi connectivity index (χ4n) is 1.69. The number of hydrogen-bond donors (Lipinski definition) is 1. The van der Waals surface area contributed by atoms with Crippen molar-refractivity contribution in [3.05, 3.63) is 29.8 Å². The van der Waals surface area contributed by atoms with Crippen LogP contribution in [-0.2, 0) is 0 Å². The van der Waals surface area contributed by atoms with Gasteiger partial charge in [0.05, 0.1) is 6.61 Å². The predicted molar refractivity (Wildman–Crippen MR) is 81.3 cm³/mol. The molecule has 18 heavy (non-hydrogen) atoms. The Bertz CT molecular complexity index is 341. The fraction of sp³-hybridized carbons (Fsp3) is 0.600. The summed E-state index contributed by atoms with van der Waals surface area (Å²) in [5, 5.41) is 0. The van der Waals surface area contributed by atoms with E-state index in [4.69, 9.17) is 10.5 Å². The third-order valence-corrected chi connectivity index (χ3v) is 3.87. The minimum absolute atomic E-state index is 0.0601. The Labute approximate surface area is 115 Å². The molecule has 0 radical (unpaired) electrons. The van der Waals surface area contributed by atoms with Gasteiger partial charge in [-0.2, -0.15) is 11.8 Å². The van der Waals surface area contributed by atoms with Crippen LogP contribution in [0.15, 0.2) is 24.3 Å². The number of thioether (sulfide) groups is 1. The topological polar surface area (TPSA) is 35.2 Å². The second-order valence-corrected chi connectivity index (χ2v) is 5.98. The molecular weight excluding hydrogens is 242 g/mol. The van der Waals surface area contributed by atoms with Gasteiger partial charge in [-0.25, -0.2) is 0 Å². The summed E-state index contributed by atoms with van der Waals surface area (Å²) in [6.45, 7) is 7.19. The Morgan fingerprint density at radius 2 is 2.00 bits per heavy atom. The molecule has 1 unspecified atom stereocenters. The van der Waals surface area contributed by atoms with E-state index in [1.165, 1.54) is 12.2 Å². The van der Waals surface area contributed by atoms with Crippen LogP contribution in [0.3, 0.4) is 0 Å². The lowest BCUT2D eigenvalue weighted by Crippen LogP contribution is -2.15. The SMILES string of the molecule is CCOc1ccccc1C(N)CSCCC(C)C. The fourth-order valence-corrected chi connectivity index (χ4v) is 2.93. The van der Waals surface area contributed by atoms with Crippen LogP contribution >= 0.6 is 11.8 Å². The number of para-hydroxylation sites is 1. The van der Waals surface area contributed by atoms with Crippen molar-refractivity contribution in [1.29, 1.82) is 0 Å². The van der Waals surface area contributed by atoms with Crippen molar-refractivity contribution in [2.75, 3.05) is 18.1 Å². The summed E-state index contributed by atoms with van der Waals surface area (Å²) >= 11 is 1.93.